The fourth-order valence-corrected chi connectivity index (χ4v) is 3.58. The number of sulfonamides is 1. The molecule has 0 aromatic heterocycles. The van der Waals surface area contributed by atoms with Crippen LogP contribution in [-0.4, -0.2) is 8.42 Å². The summed E-state index contributed by atoms with van der Waals surface area (Å²) in [6.45, 7) is 0. The summed E-state index contributed by atoms with van der Waals surface area (Å²) in [7, 11) is -4.29. The smallest absolute Gasteiger partial charge is 0.225 e. The lowest BCUT2D eigenvalue weighted by Gasteiger charge is -2.11. The number of halogens is 2. The molecule has 0 heterocycles. The number of benzene rings is 2. The number of rotatable bonds is 3. The predicted octanol–water partition coefficient (Wildman–Crippen LogP) is 3.71. The van der Waals surface area contributed by atoms with E-state index in [2.05, 4.69) is 0 Å². The molecule has 2 aromatic carbocycles. The monoisotopic (exact) mass is 335 g/mol. The quantitative estimate of drug-likeness (QED) is 0.929. The summed E-state index contributed by atoms with van der Waals surface area (Å²) in [5.41, 5.74) is 2.75. The number of nitrogens with two attached hydrogens (primary N) is 1. The van der Waals surface area contributed by atoms with E-state index in [0.717, 1.165) is 30.0 Å². The molecule has 0 atom stereocenters. The van der Waals surface area contributed by atoms with Crippen molar-refractivity contribution in [1.82, 2.24) is 0 Å². The van der Waals surface area contributed by atoms with Gasteiger partial charge in [-0.2, -0.15) is 0 Å². The summed E-state index contributed by atoms with van der Waals surface area (Å²) in [6, 6.07) is 11.1. The van der Waals surface area contributed by atoms with Crippen molar-refractivity contribution in [2.24, 2.45) is 5.14 Å². The summed E-state index contributed by atoms with van der Waals surface area (Å²) in [5, 5.41) is 4.90. The van der Waals surface area contributed by atoms with Crippen LogP contribution in [0.2, 0.25) is 0 Å². The number of allylic oxidation sites excluding steroid dienone is 2. The van der Waals surface area contributed by atoms with Gasteiger partial charge in [-0.25, -0.2) is 22.3 Å². The Hall–Kier alpha value is -2.05. The summed E-state index contributed by atoms with van der Waals surface area (Å²) in [4.78, 5) is -0.821. The third-order valence-electron chi connectivity index (χ3n) is 3.99. The van der Waals surface area contributed by atoms with Crippen molar-refractivity contribution in [1.29, 1.82) is 0 Å². The standard InChI is InChI=1S/C17H15F2NO2S/c18-15-10-17(23(20,21)22)16(19)9-14(15)13-8-4-7-12(13)11-5-2-1-3-6-11/h1-3,5-6,9-10H,4,7-8H2,(H2,20,21,22). The summed E-state index contributed by atoms with van der Waals surface area (Å²) in [6.07, 6.45) is 2.24. The molecule has 0 aliphatic heterocycles. The minimum atomic E-state index is -4.29. The van der Waals surface area contributed by atoms with E-state index in [9.17, 15) is 17.2 Å². The van der Waals surface area contributed by atoms with Crippen LogP contribution in [0.4, 0.5) is 8.78 Å². The molecule has 120 valence electrons. The van der Waals surface area contributed by atoms with E-state index in [1.807, 2.05) is 30.3 Å². The van der Waals surface area contributed by atoms with Crippen LogP contribution in [0, 0.1) is 11.6 Å². The van der Waals surface area contributed by atoms with Crippen molar-refractivity contribution in [2.75, 3.05) is 0 Å². The van der Waals surface area contributed by atoms with Gasteiger partial charge in [0, 0.05) is 5.56 Å². The highest BCUT2D eigenvalue weighted by Gasteiger charge is 2.24. The van der Waals surface area contributed by atoms with E-state index in [0.29, 0.717) is 18.1 Å². The van der Waals surface area contributed by atoms with Crippen molar-refractivity contribution >= 4 is 21.2 Å². The first kappa shape index (κ1) is 15.8. The van der Waals surface area contributed by atoms with Crippen LogP contribution in [-0.2, 0) is 10.0 Å². The van der Waals surface area contributed by atoms with Gasteiger partial charge in [-0.05, 0) is 48.1 Å². The second kappa shape index (κ2) is 5.86. The molecule has 0 radical (unpaired) electrons. The zero-order valence-corrected chi connectivity index (χ0v) is 13.0. The minimum absolute atomic E-state index is 0.103. The molecule has 2 N–H and O–H groups in total. The zero-order valence-electron chi connectivity index (χ0n) is 12.2. The normalized spacial score (nSPS) is 15.3. The Morgan fingerprint density at radius 3 is 2.22 bits per heavy atom. The van der Waals surface area contributed by atoms with E-state index in [1.54, 1.807) is 0 Å². The number of primary sulfonamides is 1. The van der Waals surface area contributed by atoms with Gasteiger partial charge in [0.25, 0.3) is 0 Å². The van der Waals surface area contributed by atoms with E-state index >= 15 is 0 Å². The molecule has 2 aromatic rings. The van der Waals surface area contributed by atoms with Crippen molar-refractivity contribution in [2.45, 2.75) is 24.2 Å². The van der Waals surface area contributed by atoms with Gasteiger partial charge >= 0.3 is 0 Å². The Kier molecular flexibility index (Phi) is 4.04. The molecule has 1 aliphatic rings. The van der Waals surface area contributed by atoms with Crippen LogP contribution < -0.4 is 5.14 Å². The average molecular weight is 335 g/mol. The van der Waals surface area contributed by atoms with Crippen LogP contribution in [0.3, 0.4) is 0 Å². The third-order valence-corrected chi connectivity index (χ3v) is 4.92. The van der Waals surface area contributed by atoms with Crippen molar-refractivity contribution in [3.8, 4) is 0 Å². The molecule has 3 nitrogen and oxygen atoms in total. The first-order valence-corrected chi connectivity index (χ1v) is 8.72. The number of hydrogen-bond donors (Lipinski definition) is 1. The highest BCUT2D eigenvalue weighted by molar-refractivity contribution is 7.89. The second-order valence-corrected chi connectivity index (χ2v) is 7.01. The van der Waals surface area contributed by atoms with Crippen molar-refractivity contribution in [3.05, 3.63) is 65.2 Å². The van der Waals surface area contributed by atoms with Crippen LogP contribution in [0.1, 0.15) is 30.4 Å². The topological polar surface area (TPSA) is 60.2 Å². The average Bonchev–Trinajstić information content (AvgIpc) is 2.98. The molecular formula is C17H15F2NO2S. The summed E-state index contributed by atoms with van der Waals surface area (Å²) < 4.78 is 51.0. The maximum Gasteiger partial charge on any atom is 0.241 e. The minimum Gasteiger partial charge on any atom is -0.225 e. The van der Waals surface area contributed by atoms with Gasteiger partial charge in [-0.15, -0.1) is 0 Å². The molecule has 0 unspecified atom stereocenters. The highest BCUT2D eigenvalue weighted by atomic mass is 32.2. The van der Waals surface area contributed by atoms with Gasteiger partial charge in [0.05, 0.1) is 0 Å². The molecule has 0 fully saturated rings. The fraction of sp³-hybridized carbons (Fsp3) is 0.176. The fourth-order valence-electron chi connectivity index (χ4n) is 2.98. The van der Waals surface area contributed by atoms with Crippen LogP contribution >= 0.6 is 0 Å². The van der Waals surface area contributed by atoms with Crippen molar-refractivity contribution < 1.29 is 17.2 Å². The molecule has 6 heteroatoms. The third kappa shape index (κ3) is 3.04. The predicted molar refractivity (Wildman–Crippen MR) is 84.8 cm³/mol. The highest BCUT2D eigenvalue weighted by Crippen LogP contribution is 2.41. The number of hydrogen-bond acceptors (Lipinski definition) is 2. The van der Waals surface area contributed by atoms with Crippen LogP contribution in [0.15, 0.2) is 47.4 Å². The molecule has 0 saturated heterocycles. The molecule has 1 aliphatic carbocycles. The van der Waals surface area contributed by atoms with Gasteiger partial charge < -0.3 is 0 Å². The molecule has 23 heavy (non-hydrogen) atoms. The Balaban J connectivity index is 2.17. The lowest BCUT2D eigenvalue weighted by molar-refractivity contribution is 0.552. The van der Waals surface area contributed by atoms with E-state index in [-0.39, 0.29) is 5.56 Å². The zero-order chi connectivity index (χ0) is 16.6. The van der Waals surface area contributed by atoms with Gasteiger partial charge in [-0.1, -0.05) is 30.3 Å². The second-order valence-electron chi connectivity index (χ2n) is 5.48. The van der Waals surface area contributed by atoms with Gasteiger partial charge in [0.15, 0.2) is 0 Å². The molecular weight excluding hydrogens is 320 g/mol. The molecule has 0 spiro atoms. The molecule has 0 amide bonds. The van der Waals surface area contributed by atoms with E-state index in [1.165, 1.54) is 0 Å². The van der Waals surface area contributed by atoms with Crippen LogP contribution in [0.5, 0.6) is 0 Å². The Morgan fingerprint density at radius 2 is 1.57 bits per heavy atom. The lowest BCUT2D eigenvalue weighted by Crippen LogP contribution is -2.15. The maximum atomic E-state index is 14.4. The Bertz CT molecular complexity index is 890. The van der Waals surface area contributed by atoms with Gasteiger partial charge in [-0.3, -0.25) is 0 Å². The van der Waals surface area contributed by atoms with Crippen LogP contribution in [0.25, 0.3) is 11.1 Å². The first-order chi connectivity index (χ1) is 10.9. The largest absolute Gasteiger partial charge is 0.241 e. The maximum absolute atomic E-state index is 14.4. The molecule has 0 bridgehead atoms. The summed E-state index contributed by atoms with van der Waals surface area (Å²) >= 11 is 0. The van der Waals surface area contributed by atoms with Gasteiger partial charge in [0.2, 0.25) is 10.0 Å². The van der Waals surface area contributed by atoms with E-state index in [4.69, 9.17) is 5.14 Å². The van der Waals surface area contributed by atoms with Gasteiger partial charge in [0.1, 0.15) is 16.5 Å². The van der Waals surface area contributed by atoms with Crippen molar-refractivity contribution in [3.63, 3.8) is 0 Å². The van der Waals surface area contributed by atoms with E-state index < -0.39 is 26.6 Å². The summed E-state index contributed by atoms with van der Waals surface area (Å²) in [5.74, 6) is -1.81. The lowest BCUT2D eigenvalue weighted by atomic mass is 9.96. The molecule has 0 saturated carbocycles. The first-order valence-electron chi connectivity index (χ1n) is 7.17. The Labute approximate surface area is 133 Å². The Morgan fingerprint density at radius 1 is 0.913 bits per heavy atom. The SMILES string of the molecule is NS(=O)(=O)c1cc(F)c(C2=C(c3ccccc3)CCC2)cc1F. The molecule has 3 rings (SSSR count).